The van der Waals surface area contributed by atoms with Gasteiger partial charge in [0.1, 0.15) is 0 Å². The third-order valence-electron chi connectivity index (χ3n) is 3.75. The average Bonchev–Trinajstić information content (AvgIpc) is 2.42. The van der Waals surface area contributed by atoms with Gasteiger partial charge in [0.15, 0.2) is 0 Å². The predicted molar refractivity (Wildman–Crippen MR) is 88.9 cm³/mol. The van der Waals surface area contributed by atoms with E-state index in [0.717, 1.165) is 31.5 Å². The molecule has 0 spiro atoms. The molecule has 3 N–H and O–H groups in total. The van der Waals surface area contributed by atoms with Gasteiger partial charge in [0.2, 0.25) is 5.91 Å². The van der Waals surface area contributed by atoms with Gasteiger partial charge in [-0.25, -0.2) is 0 Å². The van der Waals surface area contributed by atoms with Crippen LogP contribution in [0.5, 0.6) is 0 Å². The van der Waals surface area contributed by atoms with E-state index in [-0.39, 0.29) is 24.4 Å². The highest BCUT2D eigenvalue weighted by molar-refractivity contribution is 6.30. The van der Waals surface area contributed by atoms with Crippen molar-refractivity contribution in [1.82, 2.24) is 10.2 Å². The molecule has 4 nitrogen and oxygen atoms in total. The summed E-state index contributed by atoms with van der Waals surface area (Å²) in [4.78, 5) is 14.2. The van der Waals surface area contributed by atoms with Crippen LogP contribution in [0.1, 0.15) is 31.4 Å². The second-order valence-electron chi connectivity index (χ2n) is 5.45. The fourth-order valence-corrected chi connectivity index (χ4v) is 2.56. The zero-order chi connectivity index (χ0) is 14.5. The maximum atomic E-state index is 12.0. The van der Waals surface area contributed by atoms with Crippen LogP contribution in [0, 0.1) is 0 Å². The Morgan fingerprint density at radius 1 is 1.38 bits per heavy atom. The third-order valence-corrected chi connectivity index (χ3v) is 4.00. The van der Waals surface area contributed by atoms with Crippen LogP contribution in [0.4, 0.5) is 0 Å². The highest BCUT2D eigenvalue weighted by atomic mass is 35.5. The number of hydrogen-bond acceptors (Lipinski definition) is 3. The Balaban J connectivity index is 0.00000220. The Bertz CT molecular complexity index is 445. The molecule has 0 radical (unpaired) electrons. The molecule has 1 saturated heterocycles. The minimum absolute atomic E-state index is 0. The maximum Gasteiger partial charge on any atom is 0.234 e. The molecule has 1 aliphatic heterocycles. The molecule has 1 aromatic carbocycles. The van der Waals surface area contributed by atoms with Crippen molar-refractivity contribution in [2.45, 2.75) is 31.8 Å². The topological polar surface area (TPSA) is 58.4 Å². The smallest absolute Gasteiger partial charge is 0.234 e. The number of benzene rings is 1. The van der Waals surface area contributed by atoms with Crippen LogP contribution >= 0.6 is 24.0 Å². The van der Waals surface area contributed by atoms with Crippen LogP contribution < -0.4 is 11.1 Å². The van der Waals surface area contributed by atoms with Crippen LogP contribution in [0.15, 0.2) is 24.3 Å². The van der Waals surface area contributed by atoms with E-state index in [9.17, 15) is 4.79 Å². The third kappa shape index (κ3) is 5.83. The van der Waals surface area contributed by atoms with Gasteiger partial charge in [-0.3, -0.25) is 9.69 Å². The zero-order valence-corrected chi connectivity index (χ0v) is 13.8. The SMILES string of the molecule is CC(NC(=O)CN1CCC(N)CC1)c1ccc(Cl)cc1.Cl. The molecule has 1 unspecified atom stereocenters. The summed E-state index contributed by atoms with van der Waals surface area (Å²) >= 11 is 5.86. The summed E-state index contributed by atoms with van der Waals surface area (Å²) in [5.74, 6) is 0.0583. The van der Waals surface area contributed by atoms with Crippen molar-refractivity contribution < 1.29 is 4.79 Å². The molecule has 0 aliphatic carbocycles. The highest BCUT2D eigenvalue weighted by Gasteiger charge is 2.19. The molecule has 118 valence electrons. The molecule has 1 heterocycles. The highest BCUT2D eigenvalue weighted by Crippen LogP contribution is 2.16. The summed E-state index contributed by atoms with van der Waals surface area (Å²) in [7, 11) is 0. The van der Waals surface area contributed by atoms with Gasteiger partial charge in [-0.05, 0) is 37.5 Å². The van der Waals surface area contributed by atoms with E-state index < -0.39 is 0 Å². The number of rotatable bonds is 4. The monoisotopic (exact) mass is 331 g/mol. The van der Waals surface area contributed by atoms with Crippen LogP contribution in [-0.2, 0) is 4.79 Å². The zero-order valence-electron chi connectivity index (χ0n) is 12.2. The van der Waals surface area contributed by atoms with Crippen LogP contribution in [0.25, 0.3) is 0 Å². The van der Waals surface area contributed by atoms with Crippen molar-refractivity contribution in [3.63, 3.8) is 0 Å². The number of piperidine rings is 1. The quantitative estimate of drug-likeness (QED) is 0.890. The minimum atomic E-state index is -0.00758. The Morgan fingerprint density at radius 3 is 2.52 bits per heavy atom. The van der Waals surface area contributed by atoms with Gasteiger partial charge in [-0.1, -0.05) is 23.7 Å². The lowest BCUT2D eigenvalue weighted by Crippen LogP contribution is -2.44. The maximum absolute atomic E-state index is 12.0. The van der Waals surface area contributed by atoms with Crippen molar-refractivity contribution in [1.29, 1.82) is 0 Å². The summed E-state index contributed by atoms with van der Waals surface area (Å²) < 4.78 is 0. The first kappa shape index (κ1) is 18.2. The lowest BCUT2D eigenvalue weighted by atomic mass is 10.1. The van der Waals surface area contributed by atoms with Crippen LogP contribution in [-0.4, -0.2) is 36.5 Å². The van der Waals surface area contributed by atoms with Gasteiger partial charge in [-0.15, -0.1) is 12.4 Å². The Labute approximate surface area is 137 Å². The number of hydrogen-bond donors (Lipinski definition) is 2. The molecular weight excluding hydrogens is 309 g/mol. The van der Waals surface area contributed by atoms with E-state index in [4.69, 9.17) is 17.3 Å². The standard InChI is InChI=1S/C15H22ClN3O.ClH/c1-11(12-2-4-13(16)5-3-12)18-15(20)10-19-8-6-14(17)7-9-19;/h2-5,11,14H,6-10,17H2,1H3,(H,18,20);1H. The largest absolute Gasteiger partial charge is 0.348 e. The lowest BCUT2D eigenvalue weighted by molar-refractivity contribution is -0.123. The second kappa shape index (κ2) is 8.59. The Morgan fingerprint density at radius 2 is 1.95 bits per heavy atom. The Hall–Kier alpha value is -0.810. The van der Waals surface area contributed by atoms with Crippen molar-refractivity contribution >= 4 is 29.9 Å². The van der Waals surface area contributed by atoms with Crippen LogP contribution in [0.3, 0.4) is 0 Å². The first-order chi connectivity index (χ1) is 9.54. The minimum Gasteiger partial charge on any atom is -0.348 e. The van der Waals surface area contributed by atoms with Gasteiger partial charge >= 0.3 is 0 Å². The predicted octanol–water partition coefficient (Wildman–Crippen LogP) is 2.36. The molecule has 21 heavy (non-hydrogen) atoms. The van der Waals surface area contributed by atoms with Crippen molar-refractivity contribution in [3.8, 4) is 0 Å². The molecule has 0 aromatic heterocycles. The van der Waals surface area contributed by atoms with E-state index in [0.29, 0.717) is 17.6 Å². The Kier molecular flexibility index (Phi) is 7.46. The van der Waals surface area contributed by atoms with Gasteiger partial charge in [0.25, 0.3) is 0 Å². The van der Waals surface area contributed by atoms with E-state index >= 15 is 0 Å². The summed E-state index contributed by atoms with van der Waals surface area (Å²) in [6.07, 6.45) is 1.94. The van der Waals surface area contributed by atoms with Gasteiger partial charge in [-0.2, -0.15) is 0 Å². The molecule has 0 saturated carbocycles. The van der Waals surface area contributed by atoms with E-state index in [1.165, 1.54) is 0 Å². The fraction of sp³-hybridized carbons (Fsp3) is 0.533. The van der Waals surface area contributed by atoms with E-state index in [1.54, 1.807) is 0 Å². The number of likely N-dealkylation sites (tertiary alicyclic amines) is 1. The molecule has 1 atom stereocenters. The van der Waals surface area contributed by atoms with E-state index in [2.05, 4.69) is 10.2 Å². The summed E-state index contributed by atoms with van der Waals surface area (Å²) in [5, 5.41) is 3.72. The molecule has 1 aromatic rings. The molecule has 1 fully saturated rings. The molecule has 6 heteroatoms. The number of carbonyl (C=O) groups is 1. The number of halogens is 2. The van der Waals surface area contributed by atoms with Gasteiger partial charge in [0.05, 0.1) is 12.6 Å². The van der Waals surface area contributed by atoms with Crippen LogP contribution in [0.2, 0.25) is 5.02 Å². The van der Waals surface area contributed by atoms with Crippen molar-refractivity contribution in [2.75, 3.05) is 19.6 Å². The van der Waals surface area contributed by atoms with Crippen molar-refractivity contribution in [3.05, 3.63) is 34.9 Å². The first-order valence-corrected chi connectivity index (χ1v) is 7.45. The average molecular weight is 332 g/mol. The molecule has 2 rings (SSSR count). The number of nitrogens with one attached hydrogen (secondary N) is 1. The van der Waals surface area contributed by atoms with Crippen molar-refractivity contribution in [2.24, 2.45) is 5.73 Å². The molecular formula is C15H23Cl2N3O. The number of carbonyl (C=O) groups excluding carboxylic acids is 1. The summed E-state index contributed by atoms with van der Waals surface area (Å²) in [6, 6.07) is 7.84. The number of nitrogens with zero attached hydrogens (tertiary/aromatic N) is 1. The number of amides is 1. The van der Waals surface area contributed by atoms with E-state index in [1.807, 2.05) is 31.2 Å². The number of nitrogens with two attached hydrogens (primary N) is 1. The fourth-order valence-electron chi connectivity index (χ4n) is 2.44. The summed E-state index contributed by atoms with van der Waals surface area (Å²) in [5.41, 5.74) is 6.92. The molecule has 1 aliphatic rings. The lowest BCUT2D eigenvalue weighted by Gasteiger charge is -2.29. The second-order valence-corrected chi connectivity index (χ2v) is 5.89. The van der Waals surface area contributed by atoms with Gasteiger partial charge in [0, 0.05) is 24.2 Å². The normalized spacial score (nSPS) is 17.9. The molecule has 1 amide bonds. The summed E-state index contributed by atoms with van der Waals surface area (Å²) in [6.45, 7) is 4.24. The van der Waals surface area contributed by atoms with Gasteiger partial charge < -0.3 is 11.1 Å². The first-order valence-electron chi connectivity index (χ1n) is 7.07. The molecule has 0 bridgehead atoms.